The number of fused-ring (bicyclic) bond motifs is 1. The molecule has 2 heterocycles. The van der Waals surface area contributed by atoms with Crippen molar-refractivity contribution in [2.75, 3.05) is 4.90 Å². The van der Waals surface area contributed by atoms with Crippen molar-refractivity contribution in [3.05, 3.63) is 86.7 Å². The van der Waals surface area contributed by atoms with Gasteiger partial charge in [-0.2, -0.15) is 5.10 Å². The molecule has 1 aromatic heterocycles. The lowest BCUT2D eigenvalue weighted by Crippen LogP contribution is -2.29. The number of amides is 1. The van der Waals surface area contributed by atoms with Gasteiger partial charge in [-0.15, -0.1) is 0 Å². The van der Waals surface area contributed by atoms with Gasteiger partial charge in [-0.05, 0) is 31.5 Å². The van der Waals surface area contributed by atoms with Crippen LogP contribution >= 0.6 is 0 Å². The Hall–Kier alpha value is -3.48. The molecule has 0 fully saturated rings. The zero-order valence-electron chi connectivity index (χ0n) is 14.3. The molecule has 7 nitrogen and oxygen atoms in total. The Morgan fingerprint density at radius 2 is 1.88 bits per heavy atom. The van der Waals surface area contributed by atoms with E-state index in [4.69, 9.17) is 0 Å². The third-order valence-electron chi connectivity index (χ3n) is 4.66. The highest BCUT2D eigenvalue weighted by atomic mass is 16.6. The van der Waals surface area contributed by atoms with Gasteiger partial charge in [0.05, 0.1) is 11.0 Å². The van der Waals surface area contributed by atoms with Crippen LogP contribution in [0.2, 0.25) is 0 Å². The average Bonchev–Trinajstić information content (AvgIpc) is 3.14. The van der Waals surface area contributed by atoms with Gasteiger partial charge in [-0.3, -0.25) is 24.9 Å². The molecular weight excluding hydrogens is 332 g/mol. The first-order chi connectivity index (χ1) is 12.5. The molecule has 1 aliphatic heterocycles. The van der Waals surface area contributed by atoms with Crippen LogP contribution in [-0.4, -0.2) is 21.0 Å². The number of rotatable bonds is 3. The number of H-pyrrole nitrogens is 1. The second-order valence-corrected chi connectivity index (χ2v) is 6.38. The Labute approximate surface area is 149 Å². The first-order valence-electron chi connectivity index (χ1n) is 8.17. The molecule has 0 bridgehead atoms. The van der Waals surface area contributed by atoms with Crippen molar-refractivity contribution in [3.63, 3.8) is 0 Å². The largest absolute Gasteiger partial charge is 0.295 e. The Morgan fingerprint density at radius 3 is 2.58 bits per heavy atom. The van der Waals surface area contributed by atoms with Gasteiger partial charge >= 0.3 is 0 Å². The van der Waals surface area contributed by atoms with Gasteiger partial charge in [-0.1, -0.05) is 29.8 Å². The fourth-order valence-corrected chi connectivity index (χ4v) is 3.39. The number of non-ortho nitro benzene ring substituents is 1. The minimum Gasteiger partial charge on any atom is -0.295 e. The van der Waals surface area contributed by atoms with Gasteiger partial charge in [0.25, 0.3) is 11.6 Å². The zero-order chi connectivity index (χ0) is 18.4. The number of aryl methyl sites for hydroxylation is 2. The summed E-state index contributed by atoms with van der Waals surface area (Å²) >= 11 is 0. The summed E-state index contributed by atoms with van der Waals surface area (Å²) < 4.78 is 0. The molecule has 0 saturated heterocycles. The van der Waals surface area contributed by atoms with Gasteiger partial charge < -0.3 is 0 Å². The van der Waals surface area contributed by atoms with Crippen LogP contribution in [0.25, 0.3) is 0 Å². The lowest BCUT2D eigenvalue weighted by molar-refractivity contribution is -0.384. The summed E-state index contributed by atoms with van der Waals surface area (Å²) in [6.45, 7) is 3.82. The topological polar surface area (TPSA) is 92.1 Å². The van der Waals surface area contributed by atoms with E-state index in [0.717, 1.165) is 22.5 Å². The predicted molar refractivity (Wildman–Crippen MR) is 96.3 cm³/mol. The van der Waals surface area contributed by atoms with Crippen LogP contribution in [0.1, 0.15) is 38.9 Å². The fourth-order valence-electron chi connectivity index (χ4n) is 3.39. The first kappa shape index (κ1) is 16.0. The third-order valence-corrected chi connectivity index (χ3v) is 4.66. The number of hydrogen-bond acceptors (Lipinski definition) is 4. The second-order valence-electron chi connectivity index (χ2n) is 6.38. The van der Waals surface area contributed by atoms with Gasteiger partial charge in [-0.25, -0.2) is 0 Å². The van der Waals surface area contributed by atoms with Gasteiger partial charge in [0.2, 0.25) is 0 Å². The maximum atomic E-state index is 13.0. The quantitative estimate of drug-likeness (QED) is 0.577. The van der Waals surface area contributed by atoms with Crippen LogP contribution in [0, 0.1) is 24.0 Å². The normalized spacial score (nSPS) is 16.0. The van der Waals surface area contributed by atoms with E-state index >= 15 is 0 Å². The highest BCUT2D eigenvalue weighted by Crippen LogP contribution is 2.42. The van der Waals surface area contributed by atoms with Crippen molar-refractivity contribution in [1.29, 1.82) is 0 Å². The molecule has 2 aromatic carbocycles. The minimum atomic E-state index is -0.459. The summed E-state index contributed by atoms with van der Waals surface area (Å²) in [6.07, 6.45) is 0. The summed E-state index contributed by atoms with van der Waals surface area (Å²) in [5.41, 5.74) is 4.39. The molecule has 1 amide bonds. The molecule has 1 atom stereocenters. The number of carbonyl (C=O) groups is 1. The van der Waals surface area contributed by atoms with E-state index in [9.17, 15) is 14.9 Å². The molecular formula is C19H16N4O3. The molecule has 0 radical (unpaired) electrons. The molecule has 130 valence electrons. The SMILES string of the molecule is Cc1ccc(N2C(=O)c3n[nH]c(C)c3[C@@H]2c2cccc([N+](=O)[O-])c2)cc1. The molecule has 4 rings (SSSR count). The molecule has 1 N–H and O–H groups in total. The summed E-state index contributed by atoms with van der Waals surface area (Å²) in [6, 6.07) is 13.6. The number of anilines is 1. The maximum absolute atomic E-state index is 13.0. The fraction of sp³-hybridized carbons (Fsp3) is 0.158. The smallest absolute Gasteiger partial charge is 0.279 e. The summed E-state index contributed by atoms with van der Waals surface area (Å²) in [5.74, 6) is -0.218. The van der Waals surface area contributed by atoms with Crippen molar-refractivity contribution in [2.24, 2.45) is 0 Å². The number of nitrogens with one attached hydrogen (secondary N) is 1. The third kappa shape index (κ3) is 2.36. The van der Waals surface area contributed by atoms with Crippen LogP contribution in [0.15, 0.2) is 48.5 Å². The van der Waals surface area contributed by atoms with E-state index in [1.807, 2.05) is 38.1 Å². The molecule has 0 unspecified atom stereocenters. The van der Waals surface area contributed by atoms with Crippen molar-refractivity contribution in [1.82, 2.24) is 10.2 Å². The van der Waals surface area contributed by atoms with E-state index in [-0.39, 0.29) is 11.6 Å². The Balaban J connectivity index is 1.91. The lowest BCUT2D eigenvalue weighted by atomic mass is 9.98. The van der Waals surface area contributed by atoms with Gasteiger partial charge in [0, 0.05) is 29.1 Å². The predicted octanol–water partition coefficient (Wildman–Crippen LogP) is 3.68. The van der Waals surface area contributed by atoms with Gasteiger partial charge in [0.15, 0.2) is 5.69 Å². The molecule has 0 aliphatic carbocycles. The number of carbonyl (C=O) groups excluding carboxylic acids is 1. The van der Waals surface area contributed by atoms with Crippen LogP contribution in [0.5, 0.6) is 0 Å². The van der Waals surface area contributed by atoms with Gasteiger partial charge in [0.1, 0.15) is 0 Å². The number of hydrogen-bond donors (Lipinski definition) is 1. The van der Waals surface area contributed by atoms with Crippen molar-refractivity contribution >= 4 is 17.3 Å². The second kappa shape index (κ2) is 5.80. The van der Waals surface area contributed by atoms with E-state index < -0.39 is 11.0 Å². The number of nitrogens with zero attached hydrogens (tertiary/aromatic N) is 3. The molecule has 7 heteroatoms. The zero-order valence-corrected chi connectivity index (χ0v) is 14.3. The minimum absolute atomic E-state index is 0.00611. The number of nitro benzene ring substituents is 1. The van der Waals surface area contributed by atoms with Crippen molar-refractivity contribution in [3.8, 4) is 0 Å². The lowest BCUT2D eigenvalue weighted by Gasteiger charge is -2.26. The first-order valence-corrected chi connectivity index (χ1v) is 8.17. The van der Waals surface area contributed by atoms with E-state index in [1.165, 1.54) is 12.1 Å². The molecule has 26 heavy (non-hydrogen) atoms. The summed E-state index contributed by atoms with van der Waals surface area (Å²) in [7, 11) is 0. The van der Waals surface area contributed by atoms with Crippen LogP contribution < -0.4 is 4.90 Å². The van der Waals surface area contributed by atoms with E-state index in [1.54, 1.807) is 17.0 Å². The van der Waals surface area contributed by atoms with Crippen LogP contribution in [-0.2, 0) is 0 Å². The maximum Gasteiger partial charge on any atom is 0.279 e. The molecule has 1 aliphatic rings. The Bertz CT molecular complexity index is 1020. The number of aromatic nitrogens is 2. The highest BCUT2D eigenvalue weighted by molar-refractivity contribution is 6.10. The number of benzene rings is 2. The summed E-state index contributed by atoms with van der Waals surface area (Å²) in [5, 5.41) is 18.2. The van der Waals surface area contributed by atoms with Crippen molar-refractivity contribution in [2.45, 2.75) is 19.9 Å². The molecule has 0 spiro atoms. The average molecular weight is 348 g/mol. The number of aromatic amines is 1. The van der Waals surface area contributed by atoms with E-state index in [0.29, 0.717) is 11.3 Å². The van der Waals surface area contributed by atoms with Crippen LogP contribution in [0.3, 0.4) is 0 Å². The molecule has 3 aromatic rings. The molecule has 0 saturated carbocycles. The van der Waals surface area contributed by atoms with E-state index in [2.05, 4.69) is 10.2 Å². The number of nitro groups is 1. The van der Waals surface area contributed by atoms with Crippen LogP contribution in [0.4, 0.5) is 11.4 Å². The monoisotopic (exact) mass is 348 g/mol. The Kier molecular flexibility index (Phi) is 3.57. The summed E-state index contributed by atoms with van der Waals surface area (Å²) in [4.78, 5) is 25.4. The standard InChI is InChI=1S/C19H16N4O3/c1-11-6-8-14(9-7-11)22-18(13-4-3-5-15(10-13)23(25)26)16-12(2)20-21-17(16)19(22)24/h3-10,18H,1-2H3,(H,20,21)/t18-/m0/s1. The highest BCUT2D eigenvalue weighted by Gasteiger charge is 2.42. The Morgan fingerprint density at radius 1 is 1.15 bits per heavy atom. The van der Waals surface area contributed by atoms with Crippen molar-refractivity contribution < 1.29 is 9.72 Å².